The number of rotatable bonds is 3. The molecule has 0 aromatic heterocycles. The Kier molecular flexibility index (Phi) is 4.25. The van der Waals surface area contributed by atoms with E-state index in [2.05, 4.69) is 0 Å². The summed E-state index contributed by atoms with van der Waals surface area (Å²) >= 11 is 0. The van der Waals surface area contributed by atoms with Gasteiger partial charge in [-0.1, -0.05) is 24.3 Å². The fraction of sp³-hybridized carbons (Fsp3) is 0.588. The monoisotopic (exact) mass is 317 g/mol. The zero-order valence-electron chi connectivity index (χ0n) is 14.3. The molecule has 0 atom stereocenters. The van der Waals surface area contributed by atoms with E-state index in [1.54, 1.807) is 0 Å². The van der Waals surface area contributed by atoms with Gasteiger partial charge in [0.05, 0.1) is 17.8 Å². The molecule has 2 heterocycles. The molecule has 1 aromatic carbocycles. The summed E-state index contributed by atoms with van der Waals surface area (Å²) in [5.74, 6) is 0.0475. The summed E-state index contributed by atoms with van der Waals surface area (Å²) in [6, 6.07) is 8.09. The number of carbonyl (C=O) groups is 1. The number of amides is 1. The van der Waals surface area contributed by atoms with Crippen LogP contribution in [0.5, 0.6) is 0 Å². The van der Waals surface area contributed by atoms with Crippen molar-refractivity contribution in [3.05, 3.63) is 29.8 Å². The largest absolute Gasteiger partial charge is 0.494 e. The van der Waals surface area contributed by atoms with E-state index >= 15 is 0 Å². The van der Waals surface area contributed by atoms with Gasteiger partial charge in [-0.3, -0.25) is 4.79 Å². The number of nitrogens with zero attached hydrogens (tertiary/aromatic N) is 1. The summed E-state index contributed by atoms with van der Waals surface area (Å²) in [5.41, 5.74) is 1.42. The second-order valence-corrected chi connectivity index (χ2v) is 7.20. The van der Waals surface area contributed by atoms with Crippen molar-refractivity contribution >= 4 is 18.5 Å². The Morgan fingerprint density at radius 1 is 1.09 bits per heavy atom. The molecular weight excluding hydrogens is 293 g/mol. The second kappa shape index (κ2) is 5.93. The number of morpholine rings is 1. The standard InChI is InChI=1S/C17H24BNO4/c1-16(2)17(3,4)23-18(22-16)14-7-5-13(6-8-14)11-19-9-10-21-12-15(19)20/h5-8H,9-12H2,1-4H3. The van der Waals surface area contributed by atoms with Gasteiger partial charge in [-0.05, 0) is 38.7 Å². The van der Waals surface area contributed by atoms with Gasteiger partial charge in [0.15, 0.2) is 0 Å². The smallest absolute Gasteiger partial charge is 0.399 e. The molecule has 5 nitrogen and oxygen atoms in total. The summed E-state index contributed by atoms with van der Waals surface area (Å²) < 4.78 is 17.3. The van der Waals surface area contributed by atoms with Gasteiger partial charge in [0.1, 0.15) is 6.61 Å². The van der Waals surface area contributed by atoms with E-state index in [1.165, 1.54) is 0 Å². The van der Waals surface area contributed by atoms with Gasteiger partial charge in [0, 0.05) is 13.1 Å². The van der Waals surface area contributed by atoms with Crippen LogP contribution in [0.1, 0.15) is 33.3 Å². The fourth-order valence-electron chi connectivity index (χ4n) is 2.70. The van der Waals surface area contributed by atoms with Crippen LogP contribution in [0.25, 0.3) is 0 Å². The second-order valence-electron chi connectivity index (χ2n) is 7.20. The van der Waals surface area contributed by atoms with Crippen LogP contribution in [-0.4, -0.2) is 48.9 Å². The zero-order valence-corrected chi connectivity index (χ0v) is 14.3. The average molecular weight is 317 g/mol. The first kappa shape index (κ1) is 16.5. The van der Waals surface area contributed by atoms with Gasteiger partial charge < -0.3 is 18.9 Å². The van der Waals surface area contributed by atoms with Crippen molar-refractivity contribution in [2.45, 2.75) is 45.4 Å². The Balaban J connectivity index is 1.67. The van der Waals surface area contributed by atoms with Crippen molar-refractivity contribution in [3.63, 3.8) is 0 Å². The minimum Gasteiger partial charge on any atom is -0.399 e. The van der Waals surface area contributed by atoms with E-state index in [1.807, 2.05) is 56.9 Å². The normalized spacial score (nSPS) is 23.4. The van der Waals surface area contributed by atoms with Crippen molar-refractivity contribution < 1.29 is 18.8 Å². The van der Waals surface area contributed by atoms with Gasteiger partial charge in [0.25, 0.3) is 0 Å². The molecule has 0 aliphatic carbocycles. The number of hydrogen-bond acceptors (Lipinski definition) is 4. The van der Waals surface area contributed by atoms with Crippen LogP contribution in [0.2, 0.25) is 0 Å². The van der Waals surface area contributed by atoms with E-state index in [0.717, 1.165) is 11.0 Å². The maximum atomic E-state index is 11.8. The number of ether oxygens (including phenoxy) is 1. The molecule has 3 rings (SSSR count). The first-order chi connectivity index (χ1) is 10.8. The van der Waals surface area contributed by atoms with Crippen LogP contribution in [0.4, 0.5) is 0 Å². The van der Waals surface area contributed by atoms with E-state index in [0.29, 0.717) is 19.7 Å². The maximum absolute atomic E-state index is 11.8. The van der Waals surface area contributed by atoms with Crippen LogP contribution in [0.15, 0.2) is 24.3 Å². The third-order valence-electron chi connectivity index (χ3n) is 4.96. The van der Waals surface area contributed by atoms with Gasteiger partial charge in [-0.25, -0.2) is 0 Å². The molecule has 1 amide bonds. The zero-order chi connectivity index (χ0) is 16.7. The predicted octanol–water partition coefficient (Wildman–Crippen LogP) is 1.34. The Bertz CT molecular complexity index is 569. The Labute approximate surface area is 138 Å². The van der Waals surface area contributed by atoms with Crippen molar-refractivity contribution in [3.8, 4) is 0 Å². The first-order valence-electron chi connectivity index (χ1n) is 8.08. The molecule has 0 N–H and O–H groups in total. The van der Waals surface area contributed by atoms with E-state index < -0.39 is 0 Å². The number of hydrogen-bond donors (Lipinski definition) is 0. The van der Waals surface area contributed by atoms with Crippen LogP contribution in [0, 0.1) is 0 Å². The summed E-state index contributed by atoms with van der Waals surface area (Å²) in [6.45, 7) is 10.3. The Morgan fingerprint density at radius 2 is 1.70 bits per heavy atom. The summed E-state index contributed by atoms with van der Waals surface area (Å²) in [4.78, 5) is 13.6. The molecule has 0 radical (unpaired) electrons. The molecule has 2 fully saturated rings. The van der Waals surface area contributed by atoms with Crippen molar-refractivity contribution in [2.75, 3.05) is 19.8 Å². The lowest BCUT2D eigenvalue weighted by molar-refractivity contribution is -0.143. The first-order valence-corrected chi connectivity index (χ1v) is 8.08. The SMILES string of the molecule is CC1(C)OB(c2ccc(CN3CCOCC3=O)cc2)OC1(C)C. The molecule has 0 spiro atoms. The van der Waals surface area contributed by atoms with Crippen molar-refractivity contribution in [1.82, 2.24) is 4.90 Å². The highest BCUT2D eigenvalue weighted by Gasteiger charge is 2.51. The Morgan fingerprint density at radius 3 is 2.26 bits per heavy atom. The predicted molar refractivity (Wildman–Crippen MR) is 88.4 cm³/mol. The minimum atomic E-state index is -0.348. The van der Waals surface area contributed by atoms with Gasteiger partial charge in [-0.2, -0.15) is 0 Å². The van der Waals surface area contributed by atoms with E-state index in [-0.39, 0.29) is 30.8 Å². The number of carbonyl (C=O) groups excluding carboxylic acids is 1. The fourth-order valence-corrected chi connectivity index (χ4v) is 2.70. The molecule has 0 saturated carbocycles. The molecule has 2 aliphatic heterocycles. The summed E-state index contributed by atoms with van der Waals surface area (Å²) in [7, 11) is -0.348. The van der Waals surface area contributed by atoms with Gasteiger partial charge in [0.2, 0.25) is 5.91 Å². The van der Waals surface area contributed by atoms with E-state index in [4.69, 9.17) is 14.0 Å². The third kappa shape index (κ3) is 3.29. The molecule has 2 saturated heterocycles. The topological polar surface area (TPSA) is 48.0 Å². The molecule has 124 valence electrons. The van der Waals surface area contributed by atoms with Crippen LogP contribution in [-0.2, 0) is 25.4 Å². The maximum Gasteiger partial charge on any atom is 0.494 e. The number of benzene rings is 1. The molecule has 1 aromatic rings. The molecular formula is C17H24BNO4. The highest BCUT2D eigenvalue weighted by atomic mass is 16.7. The lowest BCUT2D eigenvalue weighted by atomic mass is 9.79. The Hall–Kier alpha value is -1.37. The highest BCUT2D eigenvalue weighted by Crippen LogP contribution is 2.36. The summed E-state index contributed by atoms with van der Waals surface area (Å²) in [5, 5.41) is 0. The lowest BCUT2D eigenvalue weighted by Crippen LogP contribution is -2.41. The van der Waals surface area contributed by atoms with Crippen LogP contribution < -0.4 is 5.46 Å². The third-order valence-corrected chi connectivity index (χ3v) is 4.96. The van der Waals surface area contributed by atoms with Crippen molar-refractivity contribution in [2.24, 2.45) is 0 Å². The summed E-state index contributed by atoms with van der Waals surface area (Å²) in [6.07, 6.45) is 0. The molecule has 23 heavy (non-hydrogen) atoms. The quantitative estimate of drug-likeness (QED) is 0.790. The van der Waals surface area contributed by atoms with Crippen molar-refractivity contribution in [1.29, 1.82) is 0 Å². The average Bonchev–Trinajstić information content (AvgIpc) is 2.71. The molecule has 6 heteroatoms. The lowest BCUT2D eigenvalue weighted by Gasteiger charge is -2.32. The van der Waals surface area contributed by atoms with E-state index in [9.17, 15) is 4.79 Å². The highest BCUT2D eigenvalue weighted by molar-refractivity contribution is 6.62. The molecule has 2 aliphatic rings. The van der Waals surface area contributed by atoms with Gasteiger partial charge in [-0.15, -0.1) is 0 Å². The van der Waals surface area contributed by atoms with Crippen LogP contribution >= 0.6 is 0 Å². The molecule has 0 bridgehead atoms. The minimum absolute atomic E-state index is 0.0475. The van der Waals surface area contributed by atoms with Crippen LogP contribution in [0.3, 0.4) is 0 Å². The molecule has 0 unspecified atom stereocenters. The van der Waals surface area contributed by atoms with Gasteiger partial charge >= 0.3 is 7.12 Å².